The molecular weight excluding hydrogens is 392 g/mol. The number of aromatic nitrogens is 2. The van der Waals surface area contributed by atoms with Gasteiger partial charge in [-0.05, 0) is 24.3 Å². The molecule has 1 aromatic heterocycles. The molecule has 2 aromatic rings. The van der Waals surface area contributed by atoms with E-state index in [4.69, 9.17) is 16.3 Å². The van der Waals surface area contributed by atoms with Gasteiger partial charge in [0.2, 0.25) is 0 Å². The van der Waals surface area contributed by atoms with Gasteiger partial charge < -0.3 is 15.0 Å². The molecule has 0 unspecified atom stereocenters. The van der Waals surface area contributed by atoms with E-state index in [1.165, 1.54) is 4.90 Å². The van der Waals surface area contributed by atoms with Crippen molar-refractivity contribution >= 4 is 33.2 Å². The number of ether oxygens (including phenoxy) is 1. The molecule has 10 heteroatoms. The van der Waals surface area contributed by atoms with Crippen molar-refractivity contribution in [1.29, 1.82) is 0 Å². The molecule has 1 atom stereocenters. The molecule has 27 heavy (non-hydrogen) atoms. The smallest absolute Gasteiger partial charge is 0.322 e. The quantitative estimate of drug-likeness (QED) is 0.830. The van der Waals surface area contributed by atoms with E-state index in [1.54, 1.807) is 47.4 Å². The van der Waals surface area contributed by atoms with E-state index < -0.39 is 20.7 Å². The number of benzene rings is 1. The van der Waals surface area contributed by atoms with Crippen molar-refractivity contribution in [2.45, 2.75) is 17.4 Å². The normalized spacial score (nSPS) is 23.0. The molecule has 2 fully saturated rings. The summed E-state index contributed by atoms with van der Waals surface area (Å²) in [7, 11) is -3.34. The predicted molar refractivity (Wildman–Crippen MR) is 101 cm³/mol. The molecule has 4 rings (SSSR count). The number of nitrogens with zero attached hydrogens (tertiary/aromatic N) is 3. The Balaban J connectivity index is 1.35. The number of amides is 2. The summed E-state index contributed by atoms with van der Waals surface area (Å²) in [5, 5.41) is 6.70. The fourth-order valence-corrected chi connectivity index (χ4v) is 5.51. The first-order valence-corrected chi connectivity index (χ1v) is 10.6. The van der Waals surface area contributed by atoms with Gasteiger partial charge in [-0.2, -0.15) is 5.10 Å². The van der Waals surface area contributed by atoms with Crippen molar-refractivity contribution < 1.29 is 17.9 Å². The number of carbonyl (C=O) groups excluding carboxylic acids is 1. The molecular formula is C17H19ClN4O4S. The Bertz CT molecular complexity index is 942. The topological polar surface area (TPSA) is 93.5 Å². The van der Waals surface area contributed by atoms with Gasteiger partial charge in [-0.3, -0.25) is 4.68 Å². The maximum Gasteiger partial charge on any atom is 0.322 e. The third kappa shape index (κ3) is 3.80. The highest BCUT2D eigenvalue weighted by Gasteiger charge is 2.53. The summed E-state index contributed by atoms with van der Waals surface area (Å²) < 4.78 is 32.8. The monoisotopic (exact) mass is 410 g/mol. The number of hydrogen-bond donors (Lipinski definition) is 1. The lowest BCUT2D eigenvalue weighted by molar-refractivity contribution is -0.117. The Kier molecular flexibility index (Phi) is 4.61. The number of nitrogens with one attached hydrogen (secondary N) is 1. The zero-order valence-corrected chi connectivity index (χ0v) is 16.0. The molecule has 1 aromatic carbocycles. The summed E-state index contributed by atoms with van der Waals surface area (Å²) in [5.41, 5.74) is -0.226. The Morgan fingerprint density at radius 1 is 1.37 bits per heavy atom. The minimum atomic E-state index is -3.34. The van der Waals surface area contributed by atoms with Gasteiger partial charge in [-0.15, -0.1) is 0 Å². The molecule has 3 heterocycles. The average molecular weight is 411 g/mol. The SMILES string of the molecule is O=C(Nc1cccc(Cl)c1)N1CC2(C1)CS(=O)(=O)[C@@H](Cn1cccn1)CO2. The first kappa shape index (κ1) is 18.3. The fraction of sp³-hybridized carbons (Fsp3) is 0.412. The molecule has 0 aliphatic carbocycles. The van der Waals surface area contributed by atoms with Crippen molar-refractivity contribution in [3.63, 3.8) is 0 Å². The first-order chi connectivity index (χ1) is 12.9. The van der Waals surface area contributed by atoms with Gasteiger partial charge in [0.1, 0.15) is 10.9 Å². The number of urea groups is 1. The van der Waals surface area contributed by atoms with Crippen molar-refractivity contribution in [1.82, 2.24) is 14.7 Å². The highest BCUT2D eigenvalue weighted by molar-refractivity contribution is 7.92. The van der Waals surface area contributed by atoms with Gasteiger partial charge in [0.25, 0.3) is 0 Å². The van der Waals surface area contributed by atoms with Crippen LogP contribution in [0.3, 0.4) is 0 Å². The lowest BCUT2D eigenvalue weighted by Gasteiger charge is -2.51. The van der Waals surface area contributed by atoms with Gasteiger partial charge in [0.05, 0.1) is 32.0 Å². The zero-order chi connectivity index (χ0) is 19.1. The number of carbonyl (C=O) groups is 1. The van der Waals surface area contributed by atoms with Gasteiger partial charge in [-0.1, -0.05) is 17.7 Å². The second-order valence-electron chi connectivity index (χ2n) is 6.95. The van der Waals surface area contributed by atoms with Crippen molar-refractivity contribution in [3.8, 4) is 0 Å². The Labute approximate surface area is 162 Å². The minimum Gasteiger partial charge on any atom is -0.369 e. The van der Waals surface area contributed by atoms with Crippen LogP contribution >= 0.6 is 11.6 Å². The molecule has 0 saturated carbocycles. The Morgan fingerprint density at radius 3 is 2.85 bits per heavy atom. The Morgan fingerprint density at radius 2 is 2.19 bits per heavy atom. The third-order valence-corrected chi connectivity index (χ3v) is 7.28. The Hall–Kier alpha value is -2.10. The molecule has 2 aliphatic heterocycles. The fourth-order valence-electron chi connectivity index (χ4n) is 3.43. The van der Waals surface area contributed by atoms with Crippen molar-refractivity contribution in [2.24, 2.45) is 0 Å². The standard InChI is InChI=1S/C17H19ClN4O4S/c18-13-3-1-4-14(7-13)20-16(23)21-10-17(11-21)12-27(24,25)15(9-26-17)8-22-6-2-5-19-22/h1-7,15H,8-12H2,(H,20,23)/t15-/m0/s1. The summed E-state index contributed by atoms with van der Waals surface area (Å²) in [6, 6.07) is 8.29. The number of anilines is 1. The predicted octanol–water partition coefficient (Wildman–Crippen LogP) is 1.64. The van der Waals surface area contributed by atoms with Crippen molar-refractivity contribution in [2.75, 3.05) is 30.8 Å². The molecule has 0 bridgehead atoms. The second kappa shape index (κ2) is 6.81. The van der Waals surface area contributed by atoms with Gasteiger partial charge in [0, 0.05) is 23.1 Å². The van der Waals surface area contributed by atoms with E-state index >= 15 is 0 Å². The van der Waals surface area contributed by atoms with E-state index in [-0.39, 0.29) is 38.0 Å². The number of hydrogen-bond acceptors (Lipinski definition) is 5. The number of sulfone groups is 1. The molecule has 2 aliphatic rings. The largest absolute Gasteiger partial charge is 0.369 e. The molecule has 0 radical (unpaired) electrons. The van der Waals surface area contributed by atoms with E-state index in [1.807, 2.05) is 0 Å². The van der Waals surface area contributed by atoms with Crippen LogP contribution in [0.4, 0.5) is 10.5 Å². The highest BCUT2D eigenvalue weighted by Crippen LogP contribution is 2.33. The van der Waals surface area contributed by atoms with E-state index in [0.717, 1.165) is 0 Å². The van der Waals surface area contributed by atoms with Crippen LogP contribution in [0.25, 0.3) is 0 Å². The second-order valence-corrected chi connectivity index (χ2v) is 9.67. The average Bonchev–Trinajstić information content (AvgIpc) is 3.07. The van der Waals surface area contributed by atoms with E-state index in [2.05, 4.69) is 10.4 Å². The molecule has 1 spiro atoms. The van der Waals surface area contributed by atoms with Crippen LogP contribution in [-0.2, 0) is 21.1 Å². The van der Waals surface area contributed by atoms with Gasteiger partial charge in [0.15, 0.2) is 9.84 Å². The van der Waals surface area contributed by atoms with Crippen LogP contribution in [0.1, 0.15) is 0 Å². The van der Waals surface area contributed by atoms with Crippen molar-refractivity contribution in [3.05, 3.63) is 47.7 Å². The van der Waals surface area contributed by atoms with Crippen LogP contribution in [0.5, 0.6) is 0 Å². The molecule has 2 saturated heterocycles. The maximum atomic E-state index is 12.7. The maximum absolute atomic E-state index is 12.7. The van der Waals surface area contributed by atoms with Crippen LogP contribution in [-0.4, -0.2) is 65.4 Å². The number of halogens is 1. The van der Waals surface area contributed by atoms with Gasteiger partial charge >= 0.3 is 6.03 Å². The summed E-state index contributed by atoms with van der Waals surface area (Å²) in [6.45, 7) is 0.858. The summed E-state index contributed by atoms with van der Waals surface area (Å²) in [6.07, 6.45) is 3.34. The van der Waals surface area contributed by atoms with Crippen LogP contribution < -0.4 is 5.32 Å². The van der Waals surface area contributed by atoms with E-state index in [9.17, 15) is 13.2 Å². The van der Waals surface area contributed by atoms with Crippen LogP contribution in [0.15, 0.2) is 42.7 Å². The lowest BCUT2D eigenvalue weighted by atomic mass is 9.96. The lowest BCUT2D eigenvalue weighted by Crippen LogP contribution is -2.71. The van der Waals surface area contributed by atoms with E-state index in [0.29, 0.717) is 10.7 Å². The molecule has 144 valence electrons. The summed E-state index contributed by atoms with van der Waals surface area (Å²) in [4.78, 5) is 13.9. The number of rotatable bonds is 3. The number of likely N-dealkylation sites (tertiary alicyclic amines) is 1. The first-order valence-electron chi connectivity index (χ1n) is 8.50. The third-order valence-electron chi connectivity index (χ3n) is 4.82. The molecule has 1 N–H and O–H groups in total. The zero-order valence-electron chi connectivity index (χ0n) is 14.4. The van der Waals surface area contributed by atoms with Crippen LogP contribution in [0.2, 0.25) is 5.02 Å². The molecule has 2 amide bonds. The molecule has 8 nitrogen and oxygen atoms in total. The van der Waals surface area contributed by atoms with Gasteiger partial charge in [-0.25, -0.2) is 13.2 Å². The summed E-state index contributed by atoms with van der Waals surface area (Å²) in [5.74, 6) is -0.0904. The minimum absolute atomic E-state index is 0.0904. The summed E-state index contributed by atoms with van der Waals surface area (Å²) >= 11 is 5.91. The van der Waals surface area contributed by atoms with Crippen LogP contribution in [0, 0.1) is 0 Å². The highest BCUT2D eigenvalue weighted by atomic mass is 35.5.